The SMILES string of the molecule is CC(CN1CCOCC1)N1CCCC(NC2CC2)C1=O. The minimum Gasteiger partial charge on any atom is -0.379 e. The molecule has 0 aromatic rings. The van der Waals surface area contributed by atoms with Crippen molar-refractivity contribution in [2.45, 2.75) is 50.7 Å². The molecule has 0 spiro atoms. The first-order chi connectivity index (χ1) is 9.74. The van der Waals surface area contributed by atoms with E-state index in [-0.39, 0.29) is 6.04 Å². The van der Waals surface area contributed by atoms with Crippen LogP contribution in [0.2, 0.25) is 0 Å². The Bertz CT molecular complexity index is 340. The fourth-order valence-corrected chi connectivity index (χ4v) is 3.28. The van der Waals surface area contributed by atoms with Gasteiger partial charge in [0.25, 0.3) is 0 Å². The Balaban J connectivity index is 1.52. The molecule has 0 radical (unpaired) electrons. The van der Waals surface area contributed by atoms with Crippen molar-refractivity contribution in [2.75, 3.05) is 39.4 Å². The molecule has 20 heavy (non-hydrogen) atoms. The number of carbonyl (C=O) groups is 1. The summed E-state index contributed by atoms with van der Waals surface area (Å²) in [6.45, 7) is 7.73. The second-order valence-electron chi connectivity index (χ2n) is 6.43. The standard InChI is InChI=1S/C15H27N3O2/c1-12(11-17-7-9-20-10-8-17)18-6-2-3-14(15(18)19)16-13-4-5-13/h12-14,16H,2-11H2,1H3. The Labute approximate surface area is 121 Å². The van der Waals surface area contributed by atoms with Crippen LogP contribution in [-0.2, 0) is 9.53 Å². The number of nitrogens with zero attached hydrogens (tertiary/aromatic N) is 2. The summed E-state index contributed by atoms with van der Waals surface area (Å²) in [6.07, 6.45) is 4.62. The summed E-state index contributed by atoms with van der Waals surface area (Å²) in [5.41, 5.74) is 0. The minimum absolute atomic E-state index is 0.0726. The van der Waals surface area contributed by atoms with Crippen molar-refractivity contribution in [2.24, 2.45) is 0 Å². The van der Waals surface area contributed by atoms with Crippen LogP contribution in [0.3, 0.4) is 0 Å². The largest absolute Gasteiger partial charge is 0.379 e. The number of carbonyl (C=O) groups excluding carboxylic acids is 1. The highest BCUT2D eigenvalue weighted by Crippen LogP contribution is 2.23. The molecule has 0 bridgehead atoms. The van der Waals surface area contributed by atoms with Crippen molar-refractivity contribution in [3.63, 3.8) is 0 Å². The van der Waals surface area contributed by atoms with Crippen LogP contribution in [0.15, 0.2) is 0 Å². The average molecular weight is 281 g/mol. The summed E-state index contributed by atoms with van der Waals surface area (Å²) >= 11 is 0. The van der Waals surface area contributed by atoms with Gasteiger partial charge in [-0.05, 0) is 32.6 Å². The van der Waals surface area contributed by atoms with Crippen molar-refractivity contribution in [1.29, 1.82) is 0 Å². The molecule has 1 N–H and O–H groups in total. The Kier molecular flexibility index (Phi) is 4.58. The van der Waals surface area contributed by atoms with Gasteiger partial charge >= 0.3 is 0 Å². The van der Waals surface area contributed by atoms with Crippen molar-refractivity contribution >= 4 is 5.91 Å². The topological polar surface area (TPSA) is 44.8 Å². The Morgan fingerprint density at radius 1 is 1.25 bits per heavy atom. The van der Waals surface area contributed by atoms with Crippen LogP contribution >= 0.6 is 0 Å². The third-order valence-corrected chi connectivity index (χ3v) is 4.65. The zero-order valence-electron chi connectivity index (χ0n) is 12.5. The van der Waals surface area contributed by atoms with Crippen molar-refractivity contribution < 1.29 is 9.53 Å². The van der Waals surface area contributed by atoms with Gasteiger partial charge in [0.1, 0.15) is 0 Å². The number of ether oxygens (including phenoxy) is 1. The van der Waals surface area contributed by atoms with E-state index in [1.807, 2.05) is 0 Å². The van der Waals surface area contributed by atoms with Crippen molar-refractivity contribution in [3.8, 4) is 0 Å². The monoisotopic (exact) mass is 281 g/mol. The normalized spacial score (nSPS) is 30.6. The number of amides is 1. The zero-order chi connectivity index (χ0) is 13.9. The van der Waals surface area contributed by atoms with Gasteiger partial charge in [0.15, 0.2) is 0 Å². The fourth-order valence-electron chi connectivity index (χ4n) is 3.28. The van der Waals surface area contributed by atoms with Gasteiger partial charge in [0.2, 0.25) is 5.91 Å². The van der Waals surface area contributed by atoms with Gasteiger partial charge in [0, 0.05) is 38.3 Å². The van der Waals surface area contributed by atoms with Crippen LogP contribution in [0.1, 0.15) is 32.6 Å². The summed E-state index contributed by atoms with van der Waals surface area (Å²) in [6, 6.07) is 0.992. The van der Waals surface area contributed by atoms with E-state index >= 15 is 0 Å². The molecule has 1 aliphatic carbocycles. The lowest BCUT2D eigenvalue weighted by atomic mass is 10.0. The molecule has 2 heterocycles. The van der Waals surface area contributed by atoms with E-state index in [0.29, 0.717) is 18.0 Å². The lowest BCUT2D eigenvalue weighted by Crippen LogP contribution is -2.56. The summed E-state index contributed by atoms with van der Waals surface area (Å²) < 4.78 is 5.38. The maximum atomic E-state index is 12.6. The third-order valence-electron chi connectivity index (χ3n) is 4.65. The van der Waals surface area contributed by atoms with Crippen LogP contribution in [0, 0.1) is 0 Å². The Morgan fingerprint density at radius 3 is 2.70 bits per heavy atom. The highest BCUT2D eigenvalue weighted by atomic mass is 16.5. The lowest BCUT2D eigenvalue weighted by Gasteiger charge is -2.39. The average Bonchev–Trinajstić information content (AvgIpc) is 3.26. The van der Waals surface area contributed by atoms with Gasteiger partial charge in [-0.15, -0.1) is 0 Å². The van der Waals surface area contributed by atoms with Crippen LogP contribution in [0.25, 0.3) is 0 Å². The minimum atomic E-state index is 0.0726. The van der Waals surface area contributed by atoms with Gasteiger partial charge in [-0.3, -0.25) is 9.69 Å². The first-order valence-corrected chi connectivity index (χ1v) is 8.10. The molecule has 3 aliphatic rings. The second kappa shape index (κ2) is 6.41. The number of rotatable bonds is 5. The molecule has 0 aromatic heterocycles. The summed E-state index contributed by atoms with van der Waals surface area (Å²) in [4.78, 5) is 17.1. The molecular formula is C15H27N3O2. The van der Waals surface area contributed by atoms with Crippen molar-refractivity contribution in [3.05, 3.63) is 0 Å². The predicted molar refractivity (Wildman–Crippen MR) is 77.6 cm³/mol. The fraction of sp³-hybridized carbons (Fsp3) is 0.933. The molecule has 5 heteroatoms. The van der Waals surface area contributed by atoms with Crippen LogP contribution in [-0.4, -0.2) is 73.2 Å². The molecule has 3 rings (SSSR count). The van der Waals surface area contributed by atoms with Crippen LogP contribution in [0.5, 0.6) is 0 Å². The summed E-state index contributed by atoms with van der Waals surface area (Å²) in [7, 11) is 0. The maximum Gasteiger partial charge on any atom is 0.239 e. The first-order valence-electron chi connectivity index (χ1n) is 8.10. The Morgan fingerprint density at radius 2 is 2.00 bits per heavy atom. The highest BCUT2D eigenvalue weighted by molar-refractivity contribution is 5.83. The van der Waals surface area contributed by atoms with Crippen LogP contribution < -0.4 is 5.32 Å². The van der Waals surface area contributed by atoms with E-state index in [4.69, 9.17) is 4.74 Å². The maximum absolute atomic E-state index is 12.6. The van der Waals surface area contributed by atoms with Crippen molar-refractivity contribution in [1.82, 2.24) is 15.1 Å². The number of hydrogen-bond acceptors (Lipinski definition) is 4. The molecule has 2 unspecified atom stereocenters. The van der Waals surface area contributed by atoms with Gasteiger partial charge in [0.05, 0.1) is 19.3 Å². The quantitative estimate of drug-likeness (QED) is 0.795. The molecule has 1 amide bonds. The molecule has 114 valence electrons. The first kappa shape index (κ1) is 14.3. The smallest absolute Gasteiger partial charge is 0.239 e. The summed E-state index contributed by atoms with van der Waals surface area (Å²) in [5.74, 6) is 0.323. The van der Waals surface area contributed by atoms with Gasteiger partial charge in [-0.2, -0.15) is 0 Å². The lowest BCUT2D eigenvalue weighted by molar-refractivity contribution is -0.138. The number of likely N-dealkylation sites (tertiary alicyclic amines) is 1. The molecular weight excluding hydrogens is 254 g/mol. The van der Waals surface area contributed by atoms with E-state index in [2.05, 4.69) is 22.0 Å². The van der Waals surface area contributed by atoms with E-state index in [0.717, 1.165) is 52.2 Å². The molecule has 3 fully saturated rings. The third kappa shape index (κ3) is 3.51. The molecule has 5 nitrogen and oxygen atoms in total. The summed E-state index contributed by atoms with van der Waals surface area (Å²) in [5, 5.41) is 3.51. The van der Waals surface area contributed by atoms with E-state index < -0.39 is 0 Å². The number of morpholine rings is 1. The molecule has 1 saturated carbocycles. The van der Waals surface area contributed by atoms with Crippen LogP contribution in [0.4, 0.5) is 0 Å². The molecule has 0 aromatic carbocycles. The predicted octanol–water partition coefficient (Wildman–Crippen LogP) is 0.450. The van der Waals surface area contributed by atoms with E-state index in [1.165, 1.54) is 12.8 Å². The Hall–Kier alpha value is -0.650. The van der Waals surface area contributed by atoms with Gasteiger partial charge < -0.3 is 15.0 Å². The number of nitrogens with one attached hydrogen (secondary N) is 1. The van der Waals surface area contributed by atoms with Gasteiger partial charge in [-0.1, -0.05) is 0 Å². The van der Waals surface area contributed by atoms with E-state index in [9.17, 15) is 4.79 Å². The van der Waals surface area contributed by atoms with E-state index in [1.54, 1.807) is 0 Å². The zero-order valence-corrected chi connectivity index (χ0v) is 12.5. The number of piperidine rings is 1. The number of hydrogen-bond donors (Lipinski definition) is 1. The highest BCUT2D eigenvalue weighted by Gasteiger charge is 2.35. The van der Waals surface area contributed by atoms with Gasteiger partial charge in [-0.25, -0.2) is 0 Å². The molecule has 2 aliphatic heterocycles. The molecule has 2 saturated heterocycles. The second-order valence-corrected chi connectivity index (χ2v) is 6.43. The molecule has 2 atom stereocenters.